The van der Waals surface area contributed by atoms with Crippen molar-refractivity contribution in [1.29, 1.82) is 0 Å². The number of likely N-dealkylation sites (N-methyl/N-ethyl adjacent to an activating group) is 1. The monoisotopic (exact) mass is 606 g/mol. The molecule has 1 saturated heterocycles. The van der Waals surface area contributed by atoms with Crippen molar-refractivity contribution in [2.24, 2.45) is 11.3 Å². The maximum atomic E-state index is 13.0. The number of unbranched alkanes of at least 4 members (excludes halogenated alkanes) is 3. The molecule has 3 amide bonds. The molecule has 0 bridgehead atoms. The summed E-state index contributed by atoms with van der Waals surface area (Å²) in [7, 11) is 0.169. The van der Waals surface area contributed by atoms with Crippen LogP contribution in [0.15, 0.2) is 47.9 Å². The summed E-state index contributed by atoms with van der Waals surface area (Å²) in [6, 6.07) is -0.544. The molecule has 0 spiro atoms. The summed E-state index contributed by atoms with van der Waals surface area (Å²) in [4.78, 5) is 40.5. The zero-order valence-corrected chi connectivity index (χ0v) is 27.6. The third kappa shape index (κ3) is 14.0. The van der Waals surface area contributed by atoms with Gasteiger partial charge in [0.1, 0.15) is 29.7 Å². The third-order valence-corrected chi connectivity index (χ3v) is 8.33. The summed E-state index contributed by atoms with van der Waals surface area (Å²) < 4.78 is 20.1. The van der Waals surface area contributed by atoms with Crippen LogP contribution in [0.1, 0.15) is 80.1 Å². The van der Waals surface area contributed by atoms with Crippen LogP contribution in [0, 0.1) is 11.3 Å². The first-order valence-corrected chi connectivity index (χ1v) is 16.2. The molecule has 4 atom stereocenters. The molecule has 0 radical (unpaired) electrons. The van der Waals surface area contributed by atoms with Gasteiger partial charge in [0.15, 0.2) is 0 Å². The van der Waals surface area contributed by atoms with Gasteiger partial charge in [-0.15, -0.1) is 0 Å². The quantitative estimate of drug-likeness (QED) is 0.134. The molecule has 2 N–H and O–H groups in total. The molecule has 1 fully saturated rings. The Kier molecular flexibility index (Phi) is 17.3. The number of nitrogens with zero attached hydrogens (tertiary/aromatic N) is 2. The van der Waals surface area contributed by atoms with E-state index in [9.17, 15) is 18.6 Å². The number of ether oxygens (including phenoxy) is 1. The van der Waals surface area contributed by atoms with E-state index in [2.05, 4.69) is 43.2 Å². The Bertz CT molecular complexity index is 1000. The molecule has 0 aromatic carbocycles. The van der Waals surface area contributed by atoms with Gasteiger partial charge in [0.2, 0.25) is 11.8 Å². The number of allylic oxidation sites excluding steroid dienone is 5. The van der Waals surface area contributed by atoms with Gasteiger partial charge in [-0.05, 0) is 44.6 Å². The van der Waals surface area contributed by atoms with Gasteiger partial charge in [0.25, 0.3) is 0 Å². The lowest BCUT2D eigenvalue weighted by atomic mass is 9.89. The molecule has 0 aromatic rings. The van der Waals surface area contributed by atoms with E-state index in [4.69, 9.17) is 4.74 Å². The van der Waals surface area contributed by atoms with Crippen molar-refractivity contribution in [3.05, 3.63) is 47.9 Å². The summed E-state index contributed by atoms with van der Waals surface area (Å²) in [5.74, 6) is -0.290. The number of alkyl carbamates (subject to hydrolysis) is 1. The summed E-state index contributed by atoms with van der Waals surface area (Å²) in [6.07, 6.45) is 16.0. The number of hydrogen-bond acceptors (Lipinski definition) is 5. The van der Waals surface area contributed by atoms with E-state index < -0.39 is 34.6 Å². The van der Waals surface area contributed by atoms with Crippen molar-refractivity contribution in [2.45, 2.75) is 92.2 Å². The van der Waals surface area contributed by atoms with Gasteiger partial charge in [0.05, 0.1) is 0 Å². The summed E-state index contributed by atoms with van der Waals surface area (Å²) in [5, 5.41) is 5.52. The molecular formula is C32H54N4O5S. The number of amides is 3. The maximum Gasteiger partial charge on any atom is 0.407 e. The molecule has 238 valence electrons. The molecule has 1 rings (SSSR count). The number of rotatable bonds is 17. The van der Waals surface area contributed by atoms with E-state index in [1.165, 1.54) is 24.2 Å². The molecular weight excluding hydrogens is 552 g/mol. The minimum Gasteiger partial charge on any atom is -0.444 e. The number of nitrogens with one attached hydrogen (secondary N) is 2. The lowest BCUT2D eigenvalue weighted by molar-refractivity contribution is -0.137. The Labute approximate surface area is 256 Å². The van der Waals surface area contributed by atoms with Crippen LogP contribution in [-0.2, 0) is 25.3 Å². The van der Waals surface area contributed by atoms with Gasteiger partial charge in [0, 0.05) is 37.0 Å². The molecule has 1 aliphatic heterocycles. The van der Waals surface area contributed by atoms with Crippen LogP contribution in [0.25, 0.3) is 0 Å². The highest BCUT2D eigenvalue weighted by molar-refractivity contribution is 7.86. The van der Waals surface area contributed by atoms with Crippen LogP contribution in [0.4, 0.5) is 4.79 Å². The van der Waals surface area contributed by atoms with Crippen LogP contribution >= 0.6 is 0 Å². The lowest BCUT2D eigenvalue weighted by Crippen LogP contribution is -2.50. The number of carbonyl (C=O) groups excluding carboxylic acids is 3. The van der Waals surface area contributed by atoms with E-state index in [-0.39, 0.29) is 30.8 Å². The minimum absolute atomic E-state index is 0.166. The van der Waals surface area contributed by atoms with E-state index in [1.54, 1.807) is 23.5 Å². The summed E-state index contributed by atoms with van der Waals surface area (Å²) >= 11 is 0. The second kappa shape index (κ2) is 19.5. The van der Waals surface area contributed by atoms with Crippen molar-refractivity contribution in [2.75, 3.05) is 33.2 Å². The molecule has 42 heavy (non-hydrogen) atoms. The first-order valence-electron chi connectivity index (χ1n) is 15.1. The highest BCUT2D eigenvalue weighted by atomic mass is 32.2. The topological polar surface area (TPSA) is 108 Å². The van der Waals surface area contributed by atoms with Crippen molar-refractivity contribution >= 4 is 28.9 Å². The molecule has 0 aromatic heterocycles. The van der Waals surface area contributed by atoms with Crippen molar-refractivity contribution in [3.63, 3.8) is 0 Å². The highest BCUT2D eigenvalue weighted by Gasteiger charge is 2.35. The predicted molar refractivity (Wildman–Crippen MR) is 172 cm³/mol. The number of likely N-dealkylation sites (tertiary alicyclic amines) is 1. The molecule has 1 heterocycles. The van der Waals surface area contributed by atoms with Gasteiger partial charge in [-0.1, -0.05) is 84.4 Å². The fourth-order valence-electron chi connectivity index (χ4n) is 4.37. The van der Waals surface area contributed by atoms with Gasteiger partial charge in [-0.3, -0.25) is 9.59 Å². The SMILES string of the molecule is C=C(/C=C\C=C/C)S(=O)N(C)CC(OC(=O)NCC(=O)N1CCC[C@H]1C(=O)NCC(C)/C=C\CCCCC)C(C)(C)C. The molecule has 0 aliphatic carbocycles. The van der Waals surface area contributed by atoms with E-state index in [0.717, 1.165) is 12.8 Å². The van der Waals surface area contributed by atoms with Crippen molar-refractivity contribution in [3.8, 4) is 0 Å². The predicted octanol–water partition coefficient (Wildman–Crippen LogP) is 5.25. The zero-order chi connectivity index (χ0) is 31.7. The van der Waals surface area contributed by atoms with Gasteiger partial charge >= 0.3 is 6.09 Å². The average molecular weight is 607 g/mol. The van der Waals surface area contributed by atoms with Crippen LogP contribution in [-0.4, -0.2) is 76.7 Å². The van der Waals surface area contributed by atoms with E-state index >= 15 is 0 Å². The van der Waals surface area contributed by atoms with Crippen LogP contribution in [0.5, 0.6) is 0 Å². The van der Waals surface area contributed by atoms with Crippen LogP contribution in [0.2, 0.25) is 0 Å². The zero-order valence-electron chi connectivity index (χ0n) is 26.8. The summed E-state index contributed by atoms with van der Waals surface area (Å²) in [6.45, 7) is 16.7. The van der Waals surface area contributed by atoms with Gasteiger partial charge in [-0.25, -0.2) is 13.3 Å². The fraction of sp³-hybridized carbons (Fsp3) is 0.656. The molecule has 9 nitrogen and oxygen atoms in total. The standard InChI is InChI=1S/C32H54N4O5S/c1-9-11-13-14-16-18-25(3)22-33-30(38)27-20-17-21-36(27)29(37)23-34-31(39)41-28(32(5,6)7)24-35(8)42(40)26(4)19-15-12-10-2/h10,12,15-16,18-19,25,27-28H,4,9,11,13-14,17,20-24H2,1-3,5-8H3,(H,33,38)(H,34,39)/b12-10-,18-16-,19-15-/t25?,27-,28?,42?/m0/s1. The van der Waals surface area contributed by atoms with Crippen molar-refractivity contribution < 1.29 is 23.3 Å². The number of hydrogen-bond donors (Lipinski definition) is 2. The Hall–Kier alpha value is -2.72. The summed E-state index contributed by atoms with van der Waals surface area (Å²) in [5.41, 5.74) is -0.456. The number of carbonyl (C=O) groups is 3. The minimum atomic E-state index is -1.51. The Morgan fingerprint density at radius 3 is 2.55 bits per heavy atom. The second-order valence-electron chi connectivity index (χ2n) is 11.9. The molecule has 3 unspecified atom stereocenters. The largest absolute Gasteiger partial charge is 0.444 e. The molecule has 0 saturated carbocycles. The molecule has 10 heteroatoms. The maximum absolute atomic E-state index is 13.0. The first kappa shape index (κ1) is 37.3. The molecule has 1 aliphatic rings. The van der Waals surface area contributed by atoms with E-state index in [0.29, 0.717) is 24.4 Å². The van der Waals surface area contributed by atoms with Crippen molar-refractivity contribution in [1.82, 2.24) is 19.8 Å². The Balaban J connectivity index is 2.63. The fourth-order valence-corrected chi connectivity index (χ4v) is 5.23. The normalized spacial score (nSPS) is 18.1. The van der Waals surface area contributed by atoms with Gasteiger partial charge in [-0.2, -0.15) is 0 Å². The second-order valence-corrected chi connectivity index (χ2v) is 13.6. The highest BCUT2D eigenvalue weighted by Crippen LogP contribution is 2.24. The lowest BCUT2D eigenvalue weighted by Gasteiger charge is -2.33. The van der Waals surface area contributed by atoms with Gasteiger partial charge < -0.3 is 20.3 Å². The Morgan fingerprint density at radius 2 is 1.90 bits per heavy atom. The smallest absolute Gasteiger partial charge is 0.407 e. The first-order chi connectivity index (χ1) is 19.8. The third-order valence-electron chi connectivity index (χ3n) is 7.03. The van der Waals surface area contributed by atoms with E-state index in [1.807, 2.05) is 39.8 Å². The van der Waals surface area contributed by atoms with Crippen LogP contribution in [0.3, 0.4) is 0 Å². The average Bonchev–Trinajstić information content (AvgIpc) is 3.43. The Morgan fingerprint density at radius 1 is 1.19 bits per heavy atom. The van der Waals surface area contributed by atoms with Crippen LogP contribution < -0.4 is 10.6 Å².